The van der Waals surface area contributed by atoms with Crippen LogP contribution in [0.15, 0.2) is 30.3 Å². The third kappa shape index (κ3) is 2.20. The summed E-state index contributed by atoms with van der Waals surface area (Å²) in [6.07, 6.45) is 0. The van der Waals surface area contributed by atoms with Gasteiger partial charge in [-0.25, -0.2) is 9.97 Å². The van der Waals surface area contributed by atoms with E-state index in [1.165, 1.54) is 22.7 Å². The van der Waals surface area contributed by atoms with Crippen molar-refractivity contribution in [2.45, 2.75) is 0 Å². The lowest BCUT2D eigenvalue weighted by molar-refractivity contribution is 1.42. The molecule has 0 aliphatic heterocycles. The highest BCUT2D eigenvalue weighted by Crippen LogP contribution is 2.31. The van der Waals surface area contributed by atoms with Gasteiger partial charge in [-0.15, -0.1) is 0 Å². The van der Waals surface area contributed by atoms with E-state index in [1.54, 1.807) is 0 Å². The van der Waals surface area contributed by atoms with Crippen LogP contribution in [-0.4, -0.2) is 9.97 Å². The molecule has 2 heterocycles. The van der Waals surface area contributed by atoms with Crippen molar-refractivity contribution in [1.29, 1.82) is 0 Å². The fraction of sp³-hybridized carbons (Fsp3) is 0. The largest absolute Gasteiger partial charge is 0.389 e. The van der Waals surface area contributed by atoms with Gasteiger partial charge in [-0.1, -0.05) is 40.9 Å². The van der Waals surface area contributed by atoms with E-state index in [0.29, 0.717) is 8.96 Å². The van der Waals surface area contributed by atoms with E-state index < -0.39 is 0 Å². The number of hydrogen-bond donors (Lipinski definition) is 2. The quantitative estimate of drug-likeness (QED) is 0.703. The number of anilines is 3. The number of rotatable bonds is 2. The Morgan fingerprint density at radius 1 is 1.11 bits per heavy atom. The van der Waals surface area contributed by atoms with Gasteiger partial charge in [-0.2, -0.15) is 0 Å². The van der Waals surface area contributed by atoms with Gasteiger partial charge in [0.15, 0.2) is 13.9 Å². The average molecular weight is 292 g/mol. The molecule has 3 rings (SSSR count). The predicted octanol–water partition coefficient (Wildman–Crippen LogP) is 3.81. The van der Waals surface area contributed by atoms with Gasteiger partial charge in [0.05, 0.1) is 0 Å². The Hall–Kier alpha value is -1.57. The summed E-state index contributed by atoms with van der Waals surface area (Å²) < 4.78 is 0.537. The van der Waals surface area contributed by atoms with Gasteiger partial charge in [0.25, 0.3) is 0 Å². The van der Waals surface area contributed by atoms with Gasteiger partial charge in [-0.05, 0) is 24.4 Å². The van der Waals surface area contributed by atoms with E-state index in [2.05, 4.69) is 15.3 Å². The fourth-order valence-electron chi connectivity index (χ4n) is 1.49. The molecule has 3 N–H and O–H groups in total. The minimum atomic E-state index is 0.537. The second kappa shape index (κ2) is 4.60. The van der Waals surface area contributed by atoms with Gasteiger partial charge in [0, 0.05) is 5.69 Å². The molecule has 0 saturated heterocycles. The van der Waals surface area contributed by atoms with Crippen molar-refractivity contribution < 1.29 is 0 Å². The Balaban J connectivity index is 2.04. The summed E-state index contributed by atoms with van der Waals surface area (Å²) in [5, 5.41) is 4.60. The first-order chi connectivity index (χ1) is 8.72. The van der Waals surface area contributed by atoms with Gasteiger partial charge in [0.1, 0.15) is 10.5 Å². The van der Waals surface area contributed by atoms with Crippen LogP contribution < -0.4 is 11.1 Å². The summed E-state index contributed by atoms with van der Waals surface area (Å²) in [6.45, 7) is 0. The number of nitrogens with zero attached hydrogens (tertiary/aromatic N) is 2. The number of benzene rings is 1. The van der Waals surface area contributed by atoms with Gasteiger partial charge >= 0.3 is 0 Å². The Morgan fingerprint density at radius 3 is 2.67 bits per heavy atom. The maximum absolute atomic E-state index is 5.89. The summed E-state index contributed by atoms with van der Waals surface area (Å²) in [4.78, 5) is 9.47. The number of hydrogen-bond acceptors (Lipinski definition) is 7. The molecule has 18 heavy (non-hydrogen) atoms. The average Bonchev–Trinajstić information content (AvgIpc) is 2.73. The second-order valence-electron chi connectivity index (χ2n) is 3.51. The maximum Gasteiger partial charge on any atom is 0.189 e. The van der Waals surface area contributed by atoms with Gasteiger partial charge in [0.2, 0.25) is 0 Å². The van der Waals surface area contributed by atoms with Crippen molar-refractivity contribution in [3.63, 3.8) is 0 Å². The number of nitrogens with one attached hydrogen (secondary N) is 1. The molecule has 0 unspecified atom stereocenters. The van der Waals surface area contributed by atoms with Crippen LogP contribution >= 0.6 is 34.9 Å². The summed E-state index contributed by atoms with van der Waals surface area (Å²) in [6, 6.07) is 9.85. The topological polar surface area (TPSA) is 63.8 Å². The lowest BCUT2D eigenvalue weighted by Crippen LogP contribution is -1.89. The predicted molar refractivity (Wildman–Crippen MR) is 80.3 cm³/mol. The molecule has 0 radical (unpaired) electrons. The van der Waals surface area contributed by atoms with Crippen LogP contribution in [0.1, 0.15) is 0 Å². The number of thiazole rings is 1. The minimum absolute atomic E-state index is 0.537. The second-order valence-corrected chi connectivity index (χ2v) is 6.16. The van der Waals surface area contributed by atoms with Crippen LogP contribution in [0.4, 0.5) is 15.8 Å². The zero-order valence-electron chi connectivity index (χ0n) is 9.08. The third-order valence-electron chi connectivity index (χ3n) is 2.26. The van der Waals surface area contributed by atoms with Crippen molar-refractivity contribution in [2.24, 2.45) is 0 Å². The summed E-state index contributed by atoms with van der Waals surface area (Å²) >= 11 is 7.78. The van der Waals surface area contributed by atoms with E-state index in [0.717, 1.165) is 21.2 Å². The molecule has 0 saturated carbocycles. The first-order valence-electron chi connectivity index (χ1n) is 5.11. The Morgan fingerprint density at radius 2 is 1.89 bits per heavy atom. The number of fused-ring (bicyclic) bond motifs is 1. The molecule has 1 aromatic carbocycles. The minimum Gasteiger partial charge on any atom is -0.389 e. The van der Waals surface area contributed by atoms with E-state index in [1.807, 2.05) is 30.3 Å². The summed E-state index contributed by atoms with van der Waals surface area (Å²) in [7, 11) is 0. The summed E-state index contributed by atoms with van der Waals surface area (Å²) in [5.74, 6) is 0. The number of para-hydroxylation sites is 1. The van der Waals surface area contributed by atoms with E-state index in [-0.39, 0.29) is 0 Å². The van der Waals surface area contributed by atoms with Crippen LogP contribution in [-0.2, 0) is 0 Å². The van der Waals surface area contributed by atoms with E-state index in [9.17, 15) is 0 Å². The lowest BCUT2D eigenvalue weighted by atomic mass is 10.3. The molecule has 0 spiro atoms. The number of nitrogen functional groups attached to an aromatic ring is 1. The standard InChI is InChI=1S/C11H8N4S3/c12-8-7-9(15-11(16)17-8)18-10(14-7)13-6-4-2-1-3-5-6/h1-5H,12H2,(H,13,14). The molecular weight excluding hydrogens is 284 g/mol. The van der Waals surface area contributed by atoms with Crippen molar-refractivity contribution in [3.05, 3.63) is 34.3 Å². The van der Waals surface area contributed by atoms with Crippen molar-refractivity contribution in [2.75, 3.05) is 11.1 Å². The molecule has 0 atom stereocenters. The SMILES string of the molecule is Nc1sc(=S)nc2sc(Nc3ccccc3)nc12. The number of nitrogens with two attached hydrogens (primary N) is 1. The van der Waals surface area contributed by atoms with Crippen molar-refractivity contribution in [1.82, 2.24) is 9.97 Å². The normalized spacial score (nSPS) is 10.7. The molecule has 3 aromatic rings. The third-order valence-corrected chi connectivity index (χ3v) is 4.14. The van der Waals surface area contributed by atoms with Crippen LogP contribution in [0.3, 0.4) is 0 Å². The Kier molecular flexibility index (Phi) is 2.94. The first kappa shape index (κ1) is 11.5. The highest BCUT2D eigenvalue weighted by molar-refractivity contribution is 7.73. The van der Waals surface area contributed by atoms with Gasteiger partial charge in [-0.3, -0.25) is 0 Å². The maximum atomic E-state index is 5.89. The highest BCUT2D eigenvalue weighted by Gasteiger charge is 2.09. The van der Waals surface area contributed by atoms with Crippen molar-refractivity contribution in [3.8, 4) is 0 Å². The summed E-state index contributed by atoms with van der Waals surface area (Å²) in [5.41, 5.74) is 7.60. The Bertz CT molecular complexity index is 748. The first-order valence-corrected chi connectivity index (χ1v) is 7.16. The smallest absolute Gasteiger partial charge is 0.189 e. The van der Waals surface area contributed by atoms with Crippen LogP contribution in [0.2, 0.25) is 0 Å². The monoisotopic (exact) mass is 292 g/mol. The number of aromatic nitrogens is 2. The zero-order chi connectivity index (χ0) is 12.5. The lowest BCUT2D eigenvalue weighted by Gasteiger charge is -1.99. The molecule has 4 nitrogen and oxygen atoms in total. The van der Waals surface area contributed by atoms with Gasteiger partial charge < -0.3 is 11.1 Å². The molecule has 90 valence electrons. The molecular formula is C11H8N4S3. The molecule has 0 fully saturated rings. The molecule has 0 amide bonds. The Labute approximate surface area is 116 Å². The molecule has 0 bridgehead atoms. The molecule has 0 aliphatic carbocycles. The van der Waals surface area contributed by atoms with E-state index in [4.69, 9.17) is 18.0 Å². The van der Waals surface area contributed by atoms with Crippen LogP contribution in [0, 0.1) is 3.95 Å². The van der Waals surface area contributed by atoms with Crippen LogP contribution in [0.5, 0.6) is 0 Å². The van der Waals surface area contributed by atoms with Crippen molar-refractivity contribution >= 4 is 61.1 Å². The van der Waals surface area contributed by atoms with Crippen LogP contribution in [0.25, 0.3) is 10.3 Å². The zero-order valence-corrected chi connectivity index (χ0v) is 11.5. The highest BCUT2D eigenvalue weighted by atomic mass is 32.1. The fourth-order valence-corrected chi connectivity index (χ4v) is 3.48. The van der Waals surface area contributed by atoms with E-state index >= 15 is 0 Å². The molecule has 2 aromatic heterocycles. The molecule has 0 aliphatic rings. The molecule has 7 heteroatoms.